The number of nitrogens with zero attached hydrogens (tertiary/aromatic N) is 2. The lowest BCUT2D eigenvalue weighted by Gasteiger charge is -2.31. The van der Waals surface area contributed by atoms with Crippen LogP contribution in [0.4, 0.5) is 0 Å². The van der Waals surface area contributed by atoms with Gasteiger partial charge < -0.3 is 10.0 Å². The smallest absolute Gasteiger partial charge is 0.354 e. The first-order valence-corrected chi connectivity index (χ1v) is 6.61. The second-order valence-corrected chi connectivity index (χ2v) is 4.85. The van der Waals surface area contributed by atoms with Crippen molar-refractivity contribution in [3.63, 3.8) is 0 Å². The Balaban J connectivity index is 2.11. The van der Waals surface area contributed by atoms with Crippen LogP contribution >= 0.6 is 0 Å². The van der Waals surface area contributed by atoms with Crippen LogP contribution in [0.1, 0.15) is 47.2 Å². The quantitative estimate of drug-likeness (QED) is 0.881. The zero-order valence-electron chi connectivity index (χ0n) is 11.0. The predicted octanol–water partition coefficient (Wildman–Crippen LogP) is 2.04. The summed E-state index contributed by atoms with van der Waals surface area (Å²) in [4.78, 5) is 28.8. The number of carboxylic acid groups (broad SMARTS) is 1. The molecule has 1 aromatic heterocycles. The van der Waals surface area contributed by atoms with Gasteiger partial charge in [-0.05, 0) is 37.8 Å². The molecule has 19 heavy (non-hydrogen) atoms. The molecule has 0 saturated heterocycles. The third-order valence-corrected chi connectivity index (χ3v) is 3.56. The van der Waals surface area contributed by atoms with E-state index < -0.39 is 5.97 Å². The van der Waals surface area contributed by atoms with Crippen LogP contribution in [0.25, 0.3) is 0 Å². The normalized spacial score (nSPS) is 14.8. The average molecular weight is 262 g/mol. The molecule has 1 fully saturated rings. The Labute approximate surface area is 112 Å². The van der Waals surface area contributed by atoms with Crippen molar-refractivity contribution in [2.24, 2.45) is 5.92 Å². The summed E-state index contributed by atoms with van der Waals surface area (Å²) in [7, 11) is 0. The first-order chi connectivity index (χ1) is 9.11. The molecule has 1 aliphatic carbocycles. The maximum Gasteiger partial charge on any atom is 0.354 e. The molecule has 1 aromatic rings. The van der Waals surface area contributed by atoms with Crippen LogP contribution in [0.5, 0.6) is 0 Å². The molecule has 102 valence electrons. The summed E-state index contributed by atoms with van der Waals surface area (Å²) >= 11 is 0. The third kappa shape index (κ3) is 3.10. The molecule has 0 radical (unpaired) electrons. The number of aromatic carboxylic acids is 1. The van der Waals surface area contributed by atoms with Gasteiger partial charge in [0.05, 0.1) is 0 Å². The van der Waals surface area contributed by atoms with Gasteiger partial charge in [0, 0.05) is 13.1 Å². The molecule has 0 bridgehead atoms. The number of amides is 1. The van der Waals surface area contributed by atoms with Crippen LogP contribution in [0, 0.1) is 5.92 Å². The average Bonchev–Trinajstić information content (AvgIpc) is 2.37. The van der Waals surface area contributed by atoms with Crippen molar-refractivity contribution in [1.82, 2.24) is 9.88 Å². The van der Waals surface area contributed by atoms with Gasteiger partial charge in [0.2, 0.25) is 0 Å². The third-order valence-electron chi connectivity index (χ3n) is 3.56. The van der Waals surface area contributed by atoms with Gasteiger partial charge in [0.1, 0.15) is 11.4 Å². The van der Waals surface area contributed by atoms with Crippen LogP contribution in [0.15, 0.2) is 18.2 Å². The number of rotatable bonds is 5. The number of pyridine rings is 1. The molecule has 1 heterocycles. The Bertz CT molecular complexity index is 483. The maximum absolute atomic E-state index is 12.3. The topological polar surface area (TPSA) is 70.5 Å². The zero-order chi connectivity index (χ0) is 13.8. The Kier molecular flexibility index (Phi) is 4.14. The van der Waals surface area contributed by atoms with Gasteiger partial charge in [-0.15, -0.1) is 0 Å². The fourth-order valence-corrected chi connectivity index (χ4v) is 2.18. The SMILES string of the molecule is CCN(CC1CCC1)C(=O)c1cccc(C(=O)O)n1. The minimum absolute atomic E-state index is 0.0921. The zero-order valence-corrected chi connectivity index (χ0v) is 11.0. The first kappa shape index (κ1) is 13.5. The van der Waals surface area contributed by atoms with Crippen molar-refractivity contribution < 1.29 is 14.7 Å². The fraction of sp³-hybridized carbons (Fsp3) is 0.500. The molecule has 0 aromatic carbocycles. The summed E-state index contributed by atoms with van der Waals surface area (Å²) in [5.41, 5.74) is 0.117. The molecular weight excluding hydrogens is 244 g/mol. The van der Waals surface area contributed by atoms with E-state index >= 15 is 0 Å². The standard InChI is InChI=1S/C14H18N2O3/c1-2-16(9-10-5-3-6-10)13(17)11-7-4-8-12(15-11)14(18)19/h4,7-8,10H,2-3,5-6,9H2,1H3,(H,18,19). The van der Waals surface area contributed by atoms with Crippen LogP contribution < -0.4 is 0 Å². The van der Waals surface area contributed by atoms with Crippen molar-refractivity contribution in [2.45, 2.75) is 26.2 Å². The van der Waals surface area contributed by atoms with Crippen LogP contribution in [0.2, 0.25) is 0 Å². The van der Waals surface area contributed by atoms with Gasteiger partial charge in [-0.1, -0.05) is 12.5 Å². The number of carbonyl (C=O) groups excluding carboxylic acids is 1. The highest BCUT2D eigenvalue weighted by Crippen LogP contribution is 2.27. The first-order valence-electron chi connectivity index (χ1n) is 6.61. The van der Waals surface area contributed by atoms with Gasteiger partial charge >= 0.3 is 5.97 Å². The molecule has 1 N–H and O–H groups in total. The summed E-state index contributed by atoms with van der Waals surface area (Å²) in [6.07, 6.45) is 3.59. The minimum Gasteiger partial charge on any atom is -0.477 e. The lowest BCUT2D eigenvalue weighted by atomic mass is 9.85. The Morgan fingerprint density at radius 2 is 2.05 bits per heavy atom. The van der Waals surface area contributed by atoms with E-state index in [1.54, 1.807) is 17.0 Å². The summed E-state index contributed by atoms with van der Waals surface area (Å²) in [6, 6.07) is 4.51. The van der Waals surface area contributed by atoms with Gasteiger partial charge in [0.25, 0.3) is 5.91 Å². The fourth-order valence-electron chi connectivity index (χ4n) is 2.18. The van der Waals surface area contributed by atoms with Crippen molar-refractivity contribution in [2.75, 3.05) is 13.1 Å². The number of aromatic nitrogens is 1. The summed E-state index contributed by atoms with van der Waals surface area (Å²) in [6.45, 7) is 3.29. The highest BCUT2D eigenvalue weighted by Gasteiger charge is 2.24. The van der Waals surface area contributed by atoms with E-state index in [4.69, 9.17) is 5.11 Å². The molecular formula is C14H18N2O3. The van der Waals surface area contributed by atoms with E-state index in [9.17, 15) is 9.59 Å². The van der Waals surface area contributed by atoms with Crippen molar-refractivity contribution in [3.05, 3.63) is 29.6 Å². The molecule has 0 atom stereocenters. The van der Waals surface area contributed by atoms with E-state index in [-0.39, 0.29) is 17.3 Å². The van der Waals surface area contributed by atoms with Crippen molar-refractivity contribution in [3.8, 4) is 0 Å². The molecule has 1 amide bonds. The lowest BCUT2D eigenvalue weighted by molar-refractivity contribution is 0.0687. The predicted molar refractivity (Wildman–Crippen MR) is 70.1 cm³/mol. The molecule has 5 nitrogen and oxygen atoms in total. The summed E-state index contributed by atoms with van der Waals surface area (Å²) < 4.78 is 0. The van der Waals surface area contributed by atoms with E-state index in [0.29, 0.717) is 12.5 Å². The van der Waals surface area contributed by atoms with Crippen molar-refractivity contribution >= 4 is 11.9 Å². The Morgan fingerprint density at radius 3 is 2.58 bits per heavy atom. The van der Waals surface area contributed by atoms with E-state index in [2.05, 4.69) is 4.98 Å². The second-order valence-electron chi connectivity index (χ2n) is 4.85. The van der Waals surface area contributed by atoms with Gasteiger partial charge in [0.15, 0.2) is 0 Å². The monoisotopic (exact) mass is 262 g/mol. The van der Waals surface area contributed by atoms with Crippen molar-refractivity contribution in [1.29, 1.82) is 0 Å². The highest BCUT2D eigenvalue weighted by atomic mass is 16.4. The molecule has 1 saturated carbocycles. The lowest BCUT2D eigenvalue weighted by Crippen LogP contribution is -2.37. The van der Waals surface area contributed by atoms with Gasteiger partial charge in [-0.2, -0.15) is 0 Å². The van der Waals surface area contributed by atoms with Gasteiger partial charge in [-0.3, -0.25) is 4.79 Å². The van der Waals surface area contributed by atoms with E-state index in [0.717, 1.165) is 6.54 Å². The molecule has 5 heteroatoms. The summed E-state index contributed by atoms with van der Waals surface area (Å²) in [5.74, 6) is -0.708. The maximum atomic E-state index is 12.3. The van der Waals surface area contributed by atoms with E-state index in [1.165, 1.54) is 25.3 Å². The molecule has 0 spiro atoms. The molecule has 2 rings (SSSR count). The second kappa shape index (κ2) is 5.82. The molecule has 0 unspecified atom stereocenters. The largest absolute Gasteiger partial charge is 0.477 e. The highest BCUT2D eigenvalue weighted by molar-refractivity contribution is 5.94. The number of carboxylic acids is 1. The molecule has 0 aliphatic heterocycles. The number of hydrogen-bond acceptors (Lipinski definition) is 3. The Morgan fingerprint density at radius 1 is 1.37 bits per heavy atom. The number of hydrogen-bond donors (Lipinski definition) is 1. The van der Waals surface area contributed by atoms with Crippen LogP contribution in [0.3, 0.4) is 0 Å². The van der Waals surface area contributed by atoms with E-state index in [1.807, 2.05) is 6.92 Å². The Hall–Kier alpha value is -1.91. The summed E-state index contributed by atoms with van der Waals surface area (Å²) in [5, 5.41) is 8.89. The van der Waals surface area contributed by atoms with Crippen LogP contribution in [-0.2, 0) is 0 Å². The van der Waals surface area contributed by atoms with Crippen LogP contribution in [-0.4, -0.2) is 40.0 Å². The van der Waals surface area contributed by atoms with Gasteiger partial charge in [-0.25, -0.2) is 9.78 Å². The minimum atomic E-state index is -1.11. The number of carbonyl (C=O) groups is 2. The molecule has 1 aliphatic rings.